The van der Waals surface area contributed by atoms with Crippen LogP contribution < -0.4 is 10.6 Å². The molecule has 0 aliphatic heterocycles. The zero-order chi connectivity index (χ0) is 18.8. The molecule has 0 aliphatic carbocycles. The second-order valence-corrected chi connectivity index (χ2v) is 8.58. The Bertz CT molecular complexity index is 590. The molecule has 25 heavy (non-hydrogen) atoms. The summed E-state index contributed by atoms with van der Waals surface area (Å²) in [4.78, 5) is 36.8. The first-order valence-corrected chi connectivity index (χ1v) is 10.6. The van der Waals surface area contributed by atoms with E-state index in [1.807, 2.05) is 27.7 Å². The maximum absolute atomic E-state index is 11.9. The molecule has 11 heteroatoms. The van der Waals surface area contributed by atoms with Crippen molar-refractivity contribution in [1.82, 2.24) is 25.7 Å². The number of hydrogen-bond acceptors (Lipinski definition) is 8. The second kappa shape index (κ2) is 11.3. The molecule has 1 aromatic heterocycles. The fourth-order valence-corrected chi connectivity index (χ4v) is 4.42. The summed E-state index contributed by atoms with van der Waals surface area (Å²) in [5, 5.41) is 12.8. The van der Waals surface area contributed by atoms with Crippen LogP contribution in [0.15, 0.2) is 8.68 Å². The van der Waals surface area contributed by atoms with Crippen molar-refractivity contribution in [2.24, 2.45) is 0 Å². The second-order valence-electron chi connectivity index (χ2n) is 5.15. The molecule has 0 bridgehead atoms. The lowest BCUT2D eigenvalue weighted by Crippen LogP contribution is -2.43. The largest absolute Gasteiger partial charge is 0.343 e. The molecule has 0 fully saturated rings. The molecular formula is C14H23N5O3S3. The number of thioether (sulfide) groups is 2. The summed E-state index contributed by atoms with van der Waals surface area (Å²) >= 11 is 3.87. The molecule has 1 rings (SSSR count). The van der Waals surface area contributed by atoms with Crippen LogP contribution in [0.3, 0.4) is 0 Å². The van der Waals surface area contributed by atoms with Crippen LogP contribution in [-0.2, 0) is 9.59 Å². The highest BCUT2D eigenvalue weighted by Crippen LogP contribution is 2.28. The average Bonchev–Trinajstić information content (AvgIpc) is 2.99. The minimum absolute atomic E-state index is 0.0396. The summed E-state index contributed by atoms with van der Waals surface area (Å²) in [6.07, 6.45) is 0. The Labute approximate surface area is 159 Å². The predicted molar refractivity (Wildman–Crippen MR) is 101 cm³/mol. The number of nitrogens with zero attached hydrogens (tertiary/aromatic N) is 3. The molecule has 0 saturated carbocycles. The Kier molecular flexibility index (Phi) is 9.83. The molecule has 2 N–H and O–H groups in total. The van der Waals surface area contributed by atoms with E-state index < -0.39 is 11.9 Å². The number of rotatable bonds is 9. The quantitative estimate of drug-likeness (QED) is 0.604. The van der Waals surface area contributed by atoms with Gasteiger partial charge in [0.15, 0.2) is 8.68 Å². The summed E-state index contributed by atoms with van der Waals surface area (Å²) in [5.74, 6) is 0.0549. The van der Waals surface area contributed by atoms with Crippen molar-refractivity contribution < 1.29 is 14.4 Å². The van der Waals surface area contributed by atoms with E-state index in [1.165, 1.54) is 34.9 Å². The van der Waals surface area contributed by atoms with Gasteiger partial charge in [-0.3, -0.25) is 14.9 Å². The van der Waals surface area contributed by atoms with Gasteiger partial charge in [0.05, 0.1) is 11.5 Å². The van der Waals surface area contributed by atoms with Crippen LogP contribution in [-0.4, -0.2) is 63.6 Å². The van der Waals surface area contributed by atoms with E-state index in [0.29, 0.717) is 27.5 Å². The van der Waals surface area contributed by atoms with Crippen LogP contribution in [0.25, 0.3) is 0 Å². The third-order valence-electron chi connectivity index (χ3n) is 2.82. The molecule has 1 aromatic rings. The molecule has 140 valence electrons. The summed E-state index contributed by atoms with van der Waals surface area (Å²) in [6.45, 7) is 8.88. The van der Waals surface area contributed by atoms with Gasteiger partial charge in [0.2, 0.25) is 11.8 Å². The number of hydrogen-bond donors (Lipinski definition) is 2. The number of carbonyl (C=O) groups is 3. The molecule has 0 unspecified atom stereocenters. The molecule has 8 nitrogen and oxygen atoms in total. The fourth-order valence-electron chi connectivity index (χ4n) is 1.69. The zero-order valence-corrected chi connectivity index (χ0v) is 17.1. The summed E-state index contributed by atoms with van der Waals surface area (Å²) < 4.78 is 1.30. The number of imide groups is 1. The molecule has 0 aromatic carbocycles. The van der Waals surface area contributed by atoms with Crippen LogP contribution in [0, 0.1) is 0 Å². The van der Waals surface area contributed by atoms with Gasteiger partial charge in [0, 0.05) is 19.1 Å². The van der Waals surface area contributed by atoms with Gasteiger partial charge in [0.25, 0.3) is 0 Å². The van der Waals surface area contributed by atoms with Gasteiger partial charge < -0.3 is 10.2 Å². The maximum atomic E-state index is 11.9. The van der Waals surface area contributed by atoms with Crippen LogP contribution in [0.5, 0.6) is 0 Å². The minimum atomic E-state index is -0.510. The monoisotopic (exact) mass is 405 g/mol. The highest BCUT2D eigenvalue weighted by molar-refractivity contribution is 8.03. The standard InChI is InChI=1S/C14H23N5O3S3/c1-5-19(6-2)11(21)8-24-14-18-17-13(25-14)23-7-10(20)16-12(22)15-9(3)4/h9H,5-8H2,1-4H3,(H2,15,16,20,22). The molecule has 0 spiro atoms. The van der Waals surface area contributed by atoms with Gasteiger partial charge in [-0.2, -0.15) is 0 Å². The topological polar surface area (TPSA) is 104 Å². The van der Waals surface area contributed by atoms with Gasteiger partial charge >= 0.3 is 6.03 Å². The van der Waals surface area contributed by atoms with Gasteiger partial charge in [-0.25, -0.2) is 4.79 Å². The van der Waals surface area contributed by atoms with E-state index in [2.05, 4.69) is 20.8 Å². The summed E-state index contributed by atoms with van der Waals surface area (Å²) in [5.41, 5.74) is 0. The van der Waals surface area contributed by atoms with E-state index in [4.69, 9.17) is 0 Å². The SMILES string of the molecule is CCN(CC)C(=O)CSc1nnc(SCC(=O)NC(=O)NC(C)C)s1. The van der Waals surface area contributed by atoms with E-state index in [9.17, 15) is 14.4 Å². The molecular weight excluding hydrogens is 382 g/mol. The molecule has 1 heterocycles. The molecule has 0 aliphatic rings. The van der Waals surface area contributed by atoms with Gasteiger partial charge in [0.1, 0.15) is 0 Å². The predicted octanol–water partition coefficient (Wildman–Crippen LogP) is 1.82. The van der Waals surface area contributed by atoms with Crippen molar-refractivity contribution in [3.63, 3.8) is 0 Å². The van der Waals surface area contributed by atoms with E-state index in [0.717, 1.165) is 0 Å². The molecule has 4 amide bonds. The number of carbonyl (C=O) groups excluding carboxylic acids is 3. The van der Waals surface area contributed by atoms with E-state index in [1.54, 1.807) is 4.90 Å². The first-order valence-electron chi connectivity index (χ1n) is 7.82. The Morgan fingerprint density at radius 3 is 2.16 bits per heavy atom. The third kappa shape index (κ3) is 8.54. The summed E-state index contributed by atoms with van der Waals surface area (Å²) in [7, 11) is 0. The third-order valence-corrected chi connectivity index (χ3v) is 6.00. The number of urea groups is 1. The smallest absolute Gasteiger partial charge is 0.321 e. The van der Waals surface area contributed by atoms with E-state index >= 15 is 0 Å². The Morgan fingerprint density at radius 2 is 1.64 bits per heavy atom. The lowest BCUT2D eigenvalue weighted by Gasteiger charge is -2.17. The van der Waals surface area contributed by atoms with Crippen LogP contribution in [0.4, 0.5) is 4.79 Å². The average molecular weight is 406 g/mol. The van der Waals surface area contributed by atoms with Crippen molar-refractivity contribution in [2.75, 3.05) is 24.6 Å². The van der Waals surface area contributed by atoms with Crippen molar-refractivity contribution in [2.45, 2.75) is 42.4 Å². The maximum Gasteiger partial charge on any atom is 0.321 e. The van der Waals surface area contributed by atoms with E-state index in [-0.39, 0.29) is 17.7 Å². The Hall–Kier alpha value is -1.33. The molecule has 0 atom stereocenters. The highest BCUT2D eigenvalue weighted by atomic mass is 32.2. The van der Waals surface area contributed by atoms with Crippen LogP contribution >= 0.6 is 34.9 Å². The first-order chi connectivity index (χ1) is 11.8. The zero-order valence-electron chi connectivity index (χ0n) is 14.7. The Balaban J connectivity index is 2.37. The normalized spacial score (nSPS) is 10.6. The van der Waals surface area contributed by atoms with Gasteiger partial charge in [-0.05, 0) is 27.7 Å². The first kappa shape index (κ1) is 21.7. The Morgan fingerprint density at radius 1 is 1.08 bits per heavy atom. The molecule has 0 radical (unpaired) electrons. The lowest BCUT2D eigenvalue weighted by molar-refractivity contribution is -0.128. The minimum Gasteiger partial charge on any atom is -0.343 e. The van der Waals surface area contributed by atoms with Crippen LogP contribution in [0.2, 0.25) is 0 Å². The molecule has 0 saturated heterocycles. The fraction of sp³-hybridized carbons (Fsp3) is 0.643. The van der Waals surface area contributed by atoms with Crippen molar-refractivity contribution in [3.05, 3.63) is 0 Å². The van der Waals surface area contributed by atoms with Gasteiger partial charge in [-0.15, -0.1) is 10.2 Å². The highest BCUT2D eigenvalue weighted by Gasteiger charge is 2.14. The van der Waals surface area contributed by atoms with Crippen molar-refractivity contribution in [3.8, 4) is 0 Å². The van der Waals surface area contributed by atoms with Crippen LogP contribution in [0.1, 0.15) is 27.7 Å². The number of aromatic nitrogens is 2. The number of nitrogens with one attached hydrogen (secondary N) is 2. The van der Waals surface area contributed by atoms with Crippen molar-refractivity contribution >= 4 is 52.7 Å². The van der Waals surface area contributed by atoms with Crippen molar-refractivity contribution in [1.29, 1.82) is 0 Å². The summed E-state index contributed by atoms with van der Waals surface area (Å²) in [6, 6.07) is -0.550. The van der Waals surface area contributed by atoms with Gasteiger partial charge in [-0.1, -0.05) is 34.9 Å². The lowest BCUT2D eigenvalue weighted by atomic mass is 10.4. The number of amides is 4.